The van der Waals surface area contributed by atoms with Gasteiger partial charge in [-0.05, 0) is 116 Å². The smallest absolute Gasteiger partial charge is 0.410 e. The van der Waals surface area contributed by atoms with E-state index >= 15 is 0 Å². The van der Waals surface area contributed by atoms with Crippen LogP contribution in [0.15, 0.2) is 18.2 Å². The van der Waals surface area contributed by atoms with Crippen molar-refractivity contribution in [2.45, 2.75) is 83.2 Å². The van der Waals surface area contributed by atoms with Gasteiger partial charge in [0.1, 0.15) is 5.75 Å². The molecule has 1 N–H and O–H groups in total. The van der Waals surface area contributed by atoms with E-state index < -0.39 is 0 Å². The molecule has 0 aromatic heterocycles. The van der Waals surface area contributed by atoms with E-state index in [2.05, 4.69) is 19.1 Å². The fraction of sp³-hybridized carbons (Fsp3) is 0.750. The maximum atomic E-state index is 12.9. The molecular weight excluding hydrogens is 414 g/mol. The third-order valence-corrected chi connectivity index (χ3v) is 10.5. The topological polar surface area (TPSA) is 59.0 Å². The molecule has 1 amide bonds. The van der Waals surface area contributed by atoms with E-state index in [1.54, 1.807) is 0 Å². The fourth-order valence-electron chi connectivity index (χ4n) is 8.23. The standard InChI is InChI=1S/C28H39NO4/c1-27-9-8-22-21-5-3-20(18-19(21)2-4-23(22)24(27)6-7-25(27)30)33-26(31)29-14-10-28(11-15-29)12-16-32-17-13-28/h3,5,18,22-25,30H,2,4,6-17H2,1H3. The monoisotopic (exact) mass is 453 g/mol. The second-order valence-corrected chi connectivity index (χ2v) is 11.9. The van der Waals surface area contributed by atoms with Gasteiger partial charge in [-0.15, -0.1) is 0 Å². The number of hydrogen-bond acceptors (Lipinski definition) is 4. The highest BCUT2D eigenvalue weighted by Gasteiger charge is 2.54. The van der Waals surface area contributed by atoms with Crippen LogP contribution in [-0.2, 0) is 11.2 Å². The highest BCUT2D eigenvalue weighted by atomic mass is 16.6. The molecule has 0 radical (unpaired) electrons. The minimum absolute atomic E-state index is 0.117. The van der Waals surface area contributed by atoms with Crippen molar-refractivity contribution in [3.05, 3.63) is 29.3 Å². The molecule has 1 aromatic carbocycles. The number of nitrogens with zero attached hydrogens (tertiary/aromatic N) is 1. The first-order chi connectivity index (χ1) is 16.0. The summed E-state index contributed by atoms with van der Waals surface area (Å²) >= 11 is 0. The summed E-state index contributed by atoms with van der Waals surface area (Å²) in [5, 5.41) is 10.6. The van der Waals surface area contributed by atoms with Crippen LogP contribution in [0.2, 0.25) is 0 Å². The Bertz CT molecular complexity index is 899. The Balaban J connectivity index is 1.11. The first-order valence-electron chi connectivity index (χ1n) is 13.3. The first kappa shape index (κ1) is 21.9. The molecule has 3 aliphatic carbocycles. The number of aliphatic hydroxyl groups is 1. The number of likely N-dealkylation sites (tertiary alicyclic amines) is 1. The lowest BCUT2D eigenvalue weighted by Crippen LogP contribution is -2.46. The molecule has 2 aliphatic heterocycles. The van der Waals surface area contributed by atoms with Gasteiger partial charge in [0.25, 0.3) is 0 Å². The van der Waals surface area contributed by atoms with Crippen molar-refractivity contribution in [2.24, 2.45) is 22.7 Å². The molecule has 5 unspecified atom stereocenters. The lowest BCUT2D eigenvalue weighted by Gasteiger charge is -2.50. The summed E-state index contributed by atoms with van der Waals surface area (Å²) in [7, 11) is 0. The van der Waals surface area contributed by atoms with Gasteiger partial charge in [0.2, 0.25) is 0 Å². The Kier molecular flexibility index (Phi) is 5.49. The van der Waals surface area contributed by atoms with Crippen LogP contribution in [-0.4, -0.2) is 48.5 Å². The Morgan fingerprint density at radius 3 is 2.64 bits per heavy atom. The summed E-state index contributed by atoms with van der Waals surface area (Å²) in [5.74, 6) is 2.63. The van der Waals surface area contributed by atoms with Crippen molar-refractivity contribution >= 4 is 6.09 Å². The van der Waals surface area contributed by atoms with Crippen molar-refractivity contribution in [1.29, 1.82) is 0 Å². The maximum absolute atomic E-state index is 12.9. The zero-order chi connectivity index (χ0) is 22.6. The fourth-order valence-corrected chi connectivity index (χ4v) is 8.23. The molecule has 1 aromatic rings. The molecule has 4 fully saturated rings. The zero-order valence-corrected chi connectivity index (χ0v) is 20.1. The number of ether oxygens (including phenoxy) is 2. The Hall–Kier alpha value is -1.59. The van der Waals surface area contributed by atoms with Crippen LogP contribution in [0.5, 0.6) is 5.75 Å². The molecule has 180 valence electrons. The number of benzene rings is 1. The second-order valence-electron chi connectivity index (χ2n) is 11.9. The number of carbonyl (C=O) groups is 1. The highest BCUT2D eigenvalue weighted by molar-refractivity contribution is 5.71. The second kappa shape index (κ2) is 8.27. The third kappa shape index (κ3) is 3.70. The lowest BCUT2D eigenvalue weighted by molar-refractivity contribution is -0.0226. The molecule has 5 atom stereocenters. The van der Waals surface area contributed by atoms with Crippen LogP contribution in [0.4, 0.5) is 4.79 Å². The molecule has 5 heteroatoms. The predicted octanol–water partition coefficient (Wildman–Crippen LogP) is 5.30. The summed E-state index contributed by atoms with van der Waals surface area (Å²) in [6.45, 7) is 5.64. The maximum Gasteiger partial charge on any atom is 0.415 e. The number of hydrogen-bond donors (Lipinski definition) is 1. The molecule has 33 heavy (non-hydrogen) atoms. The van der Waals surface area contributed by atoms with Crippen molar-refractivity contribution in [3.63, 3.8) is 0 Å². The summed E-state index contributed by atoms with van der Waals surface area (Å²) in [6, 6.07) is 6.38. The van der Waals surface area contributed by atoms with Gasteiger partial charge in [0, 0.05) is 26.3 Å². The summed E-state index contributed by atoms with van der Waals surface area (Å²) in [5.41, 5.74) is 3.33. The third-order valence-electron chi connectivity index (χ3n) is 10.5. The average molecular weight is 454 g/mol. The quantitative estimate of drug-likeness (QED) is 0.627. The van der Waals surface area contributed by atoms with E-state index in [1.165, 1.54) is 30.4 Å². The Morgan fingerprint density at radius 2 is 1.85 bits per heavy atom. The lowest BCUT2D eigenvalue weighted by atomic mass is 9.55. The minimum atomic E-state index is -0.195. The van der Waals surface area contributed by atoms with E-state index in [4.69, 9.17) is 9.47 Å². The molecule has 6 rings (SSSR count). The van der Waals surface area contributed by atoms with Gasteiger partial charge in [-0.2, -0.15) is 0 Å². The molecule has 0 bridgehead atoms. The predicted molar refractivity (Wildman–Crippen MR) is 126 cm³/mol. The van der Waals surface area contributed by atoms with Crippen molar-refractivity contribution in [1.82, 2.24) is 4.90 Å². The Morgan fingerprint density at radius 1 is 1.06 bits per heavy atom. The average Bonchev–Trinajstić information content (AvgIpc) is 3.14. The largest absolute Gasteiger partial charge is 0.415 e. The van der Waals surface area contributed by atoms with Crippen LogP contribution < -0.4 is 4.74 Å². The van der Waals surface area contributed by atoms with Crippen LogP contribution in [0, 0.1) is 22.7 Å². The SMILES string of the molecule is CC12CCC3c4ccc(OC(=O)N5CCC6(CCOCC6)CC5)cc4CCC3C1CCC2O. The minimum Gasteiger partial charge on any atom is -0.410 e. The van der Waals surface area contributed by atoms with Crippen LogP contribution in [0.3, 0.4) is 0 Å². The van der Waals surface area contributed by atoms with Crippen molar-refractivity contribution < 1.29 is 19.4 Å². The summed E-state index contributed by atoms with van der Waals surface area (Å²) < 4.78 is 11.4. The first-order valence-corrected chi connectivity index (χ1v) is 13.3. The van der Waals surface area contributed by atoms with Crippen molar-refractivity contribution in [3.8, 4) is 5.75 Å². The van der Waals surface area contributed by atoms with E-state index in [1.807, 2.05) is 11.0 Å². The van der Waals surface area contributed by atoms with Gasteiger partial charge in [0.15, 0.2) is 0 Å². The van der Waals surface area contributed by atoms with E-state index in [0.29, 0.717) is 28.9 Å². The number of piperidine rings is 1. The number of carbonyl (C=O) groups excluding carboxylic acids is 1. The number of aryl methyl sites for hydroxylation is 1. The summed E-state index contributed by atoms with van der Waals surface area (Å²) in [4.78, 5) is 14.8. The van der Waals surface area contributed by atoms with Crippen LogP contribution >= 0.6 is 0 Å². The van der Waals surface area contributed by atoms with Gasteiger partial charge in [-0.1, -0.05) is 13.0 Å². The molecule has 5 aliphatic rings. The number of fused-ring (bicyclic) bond motifs is 5. The van der Waals surface area contributed by atoms with E-state index in [-0.39, 0.29) is 17.6 Å². The molecule has 5 nitrogen and oxygen atoms in total. The summed E-state index contributed by atoms with van der Waals surface area (Å²) in [6.07, 6.45) is 10.7. The molecule has 1 spiro atoms. The van der Waals surface area contributed by atoms with E-state index in [0.717, 1.165) is 71.2 Å². The Labute approximate surface area is 197 Å². The molecule has 2 saturated heterocycles. The molecular formula is C28H39NO4. The van der Waals surface area contributed by atoms with Crippen molar-refractivity contribution in [2.75, 3.05) is 26.3 Å². The normalized spacial score (nSPS) is 37.2. The number of amides is 1. The van der Waals surface area contributed by atoms with Gasteiger partial charge in [-0.3, -0.25) is 0 Å². The van der Waals surface area contributed by atoms with Gasteiger partial charge >= 0.3 is 6.09 Å². The zero-order valence-electron chi connectivity index (χ0n) is 20.1. The van der Waals surface area contributed by atoms with Crippen LogP contribution in [0.1, 0.15) is 81.8 Å². The number of aliphatic hydroxyl groups excluding tert-OH is 1. The molecule has 2 saturated carbocycles. The molecule has 2 heterocycles. The van der Waals surface area contributed by atoms with Gasteiger partial charge in [-0.25, -0.2) is 4.79 Å². The van der Waals surface area contributed by atoms with Crippen LogP contribution in [0.25, 0.3) is 0 Å². The number of rotatable bonds is 1. The van der Waals surface area contributed by atoms with Gasteiger partial charge in [0.05, 0.1) is 6.10 Å². The van der Waals surface area contributed by atoms with E-state index in [9.17, 15) is 9.90 Å². The highest BCUT2D eigenvalue weighted by Crippen LogP contribution is 2.61. The van der Waals surface area contributed by atoms with Gasteiger partial charge < -0.3 is 19.5 Å².